The molecule has 1 aromatic rings. The Kier molecular flexibility index (Phi) is 7.43. The number of nitrogens with zero attached hydrogens (tertiary/aromatic N) is 2. The van der Waals surface area contributed by atoms with Gasteiger partial charge >= 0.3 is 0 Å². The first kappa shape index (κ1) is 17.1. The Hall–Kier alpha value is -1.91. The lowest BCUT2D eigenvalue weighted by atomic mass is 10.1. The smallest absolute Gasteiger partial charge is 0.255 e. The lowest BCUT2D eigenvalue weighted by Gasteiger charge is -2.21. The molecule has 5 heteroatoms. The normalized spacial score (nSPS) is 10.2. The molecule has 0 saturated carbocycles. The topological polar surface area (TPSA) is 62.3 Å². The Labute approximate surface area is 126 Å². The molecule has 1 aromatic heterocycles. The third kappa shape index (κ3) is 5.17. The van der Waals surface area contributed by atoms with Gasteiger partial charge in [0.1, 0.15) is 0 Å². The summed E-state index contributed by atoms with van der Waals surface area (Å²) in [5, 5.41) is 2.79. The van der Waals surface area contributed by atoms with Crippen LogP contribution in [-0.2, 0) is 0 Å². The first-order chi connectivity index (χ1) is 10.1. The van der Waals surface area contributed by atoms with Gasteiger partial charge in [-0.25, -0.2) is 0 Å². The first-order valence-electron chi connectivity index (χ1n) is 7.66. The molecule has 0 unspecified atom stereocenters. The quantitative estimate of drug-likeness (QED) is 0.800. The molecule has 116 valence electrons. The SMILES string of the molecule is CCCNC(=O)c1cncc(C(=O)N(CCC)CCC)c1. The number of nitrogens with one attached hydrogen (secondary N) is 1. The van der Waals surface area contributed by atoms with E-state index in [1.165, 1.54) is 12.4 Å². The van der Waals surface area contributed by atoms with Crippen LogP contribution in [-0.4, -0.2) is 41.3 Å². The number of pyridine rings is 1. The van der Waals surface area contributed by atoms with Gasteiger partial charge in [0.15, 0.2) is 0 Å². The molecule has 2 amide bonds. The van der Waals surface area contributed by atoms with Gasteiger partial charge in [-0.2, -0.15) is 0 Å². The lowest BCUT2D eigenvalue weighted by molar-refractivity contribution is 0.0755. The fourth-order valence-corrected chi connectivity index (χ4v) is 2.06. The van der Waals surface area contributed by atoms with Crippen LogP contribution in [0.3, 0.4) is 0 Å². The van der Waals surface area contributed by atoms with Crippen molar-refractivity contribution in [2.75, 3.05) is 19.6 Å². The second-order valence-electron chi connectivity index (χ2n) is 5.01. The molecule has 0 saturated heterocycles. The van der Waals surface area contributed by atoms with E-state index in [9.17, 15) is 9.59 Å². The molecule has 0 aliphatic heterocycles. The van der Waals surface area contributed by atoms with E-state index in [1.54, 1.807) is 6.07 Å². The van der Waals surface area contributed by atoms with Crippen LogP contribution in [0.25, 0.3) is 0 Å². The van der Waals surface area contributed by atoms with E-state index in [0.29, 0.717) is 17.7 Å². The maximum Gasteiger partial charge on any atom is 0.255 e. The average molecular weight is 291 g/mol. The van der Waals surface area contributed by atoms with Crippen LogP contribution in [0.4, 0.5) is 0 Å². The van der Waals surface area contributed by atoms with Gasteiger partial charge in [0, 0.05) is 32.0 Å². The molecule has 0 atom stereocenters. The van der Waals surface area contributed by atoms with E-state index >= 15 is 0 Å². The summed E-state index contributed by atoms with van der Waals surface area (Å²) in [6.07, 6.45) is 5.72. The highest BCUT2D eigenvalue weighted by Crippen LogP contribution is 2.08. The molecular formula is C16H25N3O2. The summed E-state index contributed by atoms with van der Waals surface area (Å²) in [6, 6.07) is 1.62. The van der Waals surface area contributed by atoms with Gasteiger partial charge in [-0.3, -0.25) is 14.6 Å². The second kappa shape index (κ2) is 9.10. The van der Waals surface area contributed by atoms with Crippen LogP contribution >= 0.6 is 0 Å². The Bertz CT molecular complexity index is 468. The summed E-state index contributed by atoms with van der Waals surface area (Å²) in [5.74, 6) is -0.243. The van der Waals surface area contributed by atoms with Crippen LogP contribution < -0.4 is 5.32 Å². The third-order valence-corrected chi connectivity index (χ3v) is 3.06. The summed E-state index contributed by atoms with van der Waals surface area (Å²) in [5.41, 5.74) is 0.906. The maximum absolute atomic E-state index is 12.5. The fraction of sp³-hybridized carbons (Fsp3) is 0.562. The monoisotopic (exact) mass is 291 g/mol. The zero-order valence-electron chi connectivity index (χ0n) is 13.2. The van der Waals surface area contributed by atoms with Gasteiger partial charge in [0.2, 0.25) is 0 Å². The van der Waals surface area contributed by atoms with E-state index in [-0.39, 0.29) is 11.8 Å². The van der Waals surface area contributed by atoms with E-state index in [1.807, 2.05) is 25.7 Å². The summed E-state index contributed by atoms with van der Waals surface area (Å²) < 4.78 is 0. The van der Waals surface area contributed by atoms with Crippen LogP contribution in [0.2, 0.25) is 0 Å². The minimum Gasteiger partial charge on any atom is -0.352 e. The highest BCUT2D eigenvalue weighted by molar-refractivity contribution is 5.99. The molecule has 0 fully saturated rings. The van der Waals surface area contributed by atoms with Crippen LogP contribution in [0.5, 0.6) is 0 Å². The minimum absolute atomic E-state index is 0.0589. The predicted octanol–water partition coefficient (Wildman–Crippen LogP) is 2.48. The minimum atomic E-state index is -0.184. The number of aromatic nitrogens is 1. The molecular weight excluding hydrogens is 266 g/mol. The van der Waals surface area contributed by atoms with E-state index in [0.717, 1.165) is 32.4 Å². The highest BCUT2D eigenvalue weighted by Gasteiger charge is 2.16. The van der Waals surface area contributed by atoms with Gasteiger partial charge < -0.3 is 10.2 Å². The van der Waals surface area contributed by atoms with E-state index in [4.69, 9.17) is 0 Å². The van der Waals surface area contributed by atoms with Crippen molar-refractivity contribution in [2.45, 2.75) is 40.0 Å². The van der Waals surface area contributed by atoms with Crippen molar-refractivity contribution in [2.24, 2.45) is 0 Å². The Morgan fingerprint density at radius 3 is 2.24 bits per heavy atom. The molecule has 1 N–H and O–H groups in total. The molecule has 0 aromatic carbocycles. The van der Waals surface area contributed by atoms with Gasteiger partial charge in [-0.1, -0.05) is 20.8 Å². The molecule has 0 aliphatic carbocycles. The Morgan fingerprint density at radius 2 is 1.67 bits per heavy atom. The van der Waals surface area contributed by atoms with Crippen LogP contribution in [0.1, 0.15) is 60.7 Å². The molecule has 1 rings (SSSR count). The number of hydrogen-bond donors (Lipinski definition) is 1. The van der Waals surface area contributed by atoms with Gasteiger partial charge in [-0.05, 0) is 25.3 Å². The summed E-state index contributed by atoms with van der Waals surface area (Å²) >= 11 is 0. The van der Waals surface area contributed by atoms with Crippen molar-refractivity contribution in [1.82, 2.24) is 15.2 Å². The number of carbonyl (C=O) groups excluding carboxylic acids is 2. The molecule has 0 aliphatic rings. The molecule has 5 nitrogen and oxygen atoms in total. The van der Waals surface area contributed by atoms with Gasteiger partial charge in [0.05, 0.1) is 11.1 Å². The summed E-state index contributed by atoms with van der Waals surface area (Å²) in [6.45, 7) is 8.14. The molecule has 21 heavy (non-hydrogen) atoms. The number of rotatable bonds is 8. The standard InChI is InChI=1S/C16H25N3O2/c1-4-7-18-15(20)13-10-14(12-17-11-13)16(21)19(8-5-2)9-6-3/h10-12H,4-9H2,1-3H3,(H,18,20). The number of carbonyl (C=O) groups is 2. The van der Waals surface area contributed by atoms with Crippen molar-refractivity contribution < 1.29 is 9.59 Å². The van der Waals surface area contributed by atoms with Crippen molar-refractivity contribution in [3.05, 3.63) is 29.6 Å². The van der Waals surface area contributed by atoms with Gasteiger partial charge in [0.25, 0.3) is 11.8 Å². The van der Waals surface area contributed by atoms with Crippen molar-refractivity contribution in [3.63, 3.8) is 0 Å². The second-order valence-corrected chi connectivity index (χ2v) is 5.01. The first-order valence-corrected chi connectivity index (χ1v) is 7.66. The largest absolute Gasteiger partial charge is 0.352 e. The van der Waals surface area contributed by atoms with Gasteiger partial charge in [-0.15, -0.1) is 0 Å². The van der Waals surface area contributed by atoms with Crippen LogP contribution in [0.15, 0.2) is 18.5 Å². The zero-order chi connectivity index (χ0) is 15.7. The third-order valence-electron chi connectivity index (χ3n) is 3.06. The average Bonchev–Trinajstić information content (AvgIpc) is 2.51. The Morgan fingerprint density at radius 1 is 1.05 bits per heavy atom. The predicted molar refractivity (Wildman–Crippen MR) is 83.3 cm³/mol. The summed E-state index contributed by atoms with van der Waals surface area (Å²) in [7, 11) is 0. The number of hydrogen-bond acceptors (Lipinski definition) is 3. The van der Waals surface area contributed by atoms with Crippen molar-refractivity contribution in [3.8, 4) is 0 Å². The summed E-state index contributed by atoms with van der Waals surface area (Å²) in [4.78, 5) is 30.2. The number of amides is 2. The fourth-order valence-electron chi connectivity index (χ4n) is 2.06. The van der Waals surface area contributed by atoms with E-state index < -0.39 is 0 Å². The lowest BCUT2D eigenvalue weighted by Crippen LogP contribution is -2.33. The molecule has 1 heterocycles. The van der Waals surface area contributed by atoms with E-state index in [2.05, 4.69) is 10.3 Å². The molecule has 0 spiro atoms. The maximum atomic E-state index is 12.5. The highest BCUT2D eigenvalue weighted by atomic mass is 16.2. The molecule has 0 bridgehead atoms. The molecule has 0 radical (unpaired) electrons. The zero-order valence-corrected chi connectivity index (χ0v) is 13.2. The Balaban J connectivity index is 2.87. The van der Waals surface area contributed by atoms with Crippen molar-refractivity contribution in [1.29, 1.82) is 0 Å². The van der Waals surface area contributed by atoms with Crippen molar-refractivity contribution >= 4 is 11.8 Å². The van der Waals surface area contributed by atoms with Crippen LogP contribution in [0, 0.1) is 0 Å².